The molecule has 0 amide bonds. The van der Waals surface area contributed by atoms with Gasteiger partial charge in [-0.2, -0.15) is 0 Å². The molecule has 3 heterocycles. The summed E-state index contributed by atoms with van der Waals surface area (Å²) < 4.78 is 13.1. The van der Waals surface area contributed by atoms with E-state index < -0.39 is 0 Å². The standard InChI is InChI=1S/C46H32N2O2/c1-3-12-28(13-4-1)41-44-42(35-15-6-8-19-39(35)49-44)48-45(47-41)30-20-22-33-34-17-11-16-31(43(34)50-40(33)27-30)29-21-23-38-36(26-29)32-14-5-7-18-37(32)46(38)24-9-2-10-25-46/h1,3-8,11-23,26-27H,2,9-10,24-25H2. The smallest absolute Gasteiger partial charge is 0.180 e. The number of furan rings is 2. The van der Waals surface area contributed by atoms with Gasteiger partial charge in [-0.25, -0.2) is 9.97 Å². The Bertz CT molecular complexity index is 2800. The van der Waals surface area contributed by atoms with Crippen LogP contribution in [0.25, 0.3) is 88.9 Å². The number of aromatic nitrogens is 2. The maximum Gasteiger partial charge on any atom is 0.180 e. The van der Waals surface area contributed by atoms with Gasteiger partial charge in [0, 0.05) is 38.3 Å². The summed E-state index contributed by atoms with van der Waals surface area (Å²) in [4.78, 5) is 10.2. The van der Waals surface area contributed by atoms with E-state index in [4.69, 9.17) is 18.8 Å². The largest absolute Gasteiger partial charge is 0.455 e. The van der Waals surface area contributed by atoms with Crippen molar-refractivity contribution in [3.05, 3.63) is 145 Å². The molecule has 2 aliphatic carbocycles. The third-order valence-electron chi connectivity index (χ3n) is 11.3. The van der Waals surface area contributed by atoms with Crippen molar-refractivity contribution in [2.45, 2.75) is 37.5 Å². The first-order valence-electron chi connectivity index (χ1n) is 17.7. The molecule has 0 radical (unpaired) electrons. The highest BCUT2D eigenvalue weighted by Gasteiger charge is 2.43. The summed E-state index contributed by atoms with van der Waals surface area (Å²) in [6.07, 6.45) is 6.39. The highest BCUT2D eigenvalue weighted by molar-refractivity contribution is 6.11. The van der Waals surface area contributed by atoms with Crippen LogP contribution in [-0.2, 0) is 5.41 Å². The highest BCUT2D eigenvalue weighted by Crippen LogP contribution is 2.56. The highest BCUT2D eigenvalue weighted by atomic mass is 16.3. The van der Waals surface area contributed by atoms with Crippen molar-refractivity contribution in [2.24, 2.45) is 0 Å². The monoisotopic (exact) mass is 644 g/mol. The Kier molecular flexibility index (Phi) is 5.86. The molecule has 6 aromatic carbocycles. The predicted octanol–water partition coefficient (Wildman–Crippen LogP) is 12.5. The third-order valence-corrected chi connectivity index (χ3v) is 11.3. The van der Waals surface area contributed by atoms with Crippen molar-refractivity contribution in [1.29, 1.82) is 0 Å². The van der Waals surface area contributed by atoms with Gasteiger partial charge in [0.2, 0.25) is 0 Å². The van der Waals surface area contributed by atoms with Crippen LogP contribution < -0.4 is 0 Å². The summed E-state index contributed by atoms with van der Waals surface area (Å²) in [6.45, 7) is 0. The molecule has 0 N–H and O–H groups in total. The Hall–Kier alpha value is -6.00. The van der Waals surface area contributed by atoms with Crippen molar-refractivity contribution in [3.8, 4) is 44.9 Å². The molecule has 2 aliphatic rings. The van der Waals surface area contributed by atoms with Crippen LogP contribution in [-0.4, -0.2) is 9.97 Å². The zero-order chi connectivity index (χ0) is 32.8. The number of para-hydroxylation sites is 2. The fraction of sp³-hybridized carbons (Fsp3) is 0.130. The maximum atomic E-state index is 6.78. The molecule has 1 saturated carbocycles. The summed E-state index contributed by atoms with van der Waals surface area (Å²) in [7, 11) is 0. The van der Waals surface area contributed by atoms with Gasteiger partial charge in [0.1, 0.15) is 28.0 Å². The average Bonchev–Trinajstić information content (AvgIpc) is 3.83. The number of fused-ring (bicyclic) bond motifs is 11. The summed E-state index contributed by atoms with van der Waals surface area (Å²) in [5, 5.41) is 3.16. The number of hydrogen-bond donors (Lipinski definition) is 0. The second-order valence-corrected chi connectivity index (χ2v) is 14.0. The van der Waals surface area contributed by atoms with E-state index in [9.17, 15) is 0 Å². The van der Waals surface area contributed by atoms with Crippen molar-refractivity contribution in [2.75, 3.05) is 0 Å². The number of hydrogen-bond acceptors (Lipinski definition) is 4. The molecule has 0 aliphatic heterocycles. The van der Waals surface area contributed by atoms with Gasteiger partial charge >= 0.3 is 0 Å². The van der Waals surface area contributed by atoms with Crippen LogP contribution in [0, 0.1) is 0 Å². The van der Waals surface area contributed by atoms with Crippen molar-refractivity contribution in [1.82, 2.24) is 9.97 Å². The van der Waals surface area contributed by atoms with Gasteiger partial charge in [-0.3, -0.25) is 0 Å². The lowest BCUT2D eigenvalue weighted by molar-refractivity contribution is 0.353. The van der Waals surface area contributed by atoms with E-state index in [1.807, 2.05) is 36.4 Å². The quantitative estimate of drug-likeness (QED) is 0.192. The van der Waals surface area contributed by atoms with Crippen LogP contribution in [0.5, 0.6) is 0 Å². The molecule has 9 aromatic rings. The first-order chi connectivity index (χ1) is 24.7. The second kappa shape index (κ2) is 10.5. The zero-order valence-corrected chi connectivity index (χ0v) is 27.4. The Morgan fingerprint density at radius 3 is 2.12 bits per heavy atom. The first kappa shape index (κ1) is 27.9. The molecule has 0 bridgehead atoms. The van der Waals surface area contributed by atoms with Crippen LogP contribution in [0.2, 0.25) is 0 Å². The fourth-order valence-electron chi connectivity index (χ4n) is 9.00. The number of nitrogens with zero attached hydrogens (tertiary/aromatic N) is 2. The zero-order valence-electron chi connectivity index (χ0n) is 27.4. The van der Waals surface area contributed by atoms with Gasteiger partial charge in [0.25, 0.3) is 0 Å². The lowest BCUT2D eigenvalue weighted by Gasteiger charge is -2.36. The van der Waals surface area contributed by atoms with Crippen LogP contribution >= 0.6 is 0 Å². The minimum Gasteiger partial charge on any atom is -0.455 e. The van der Waals surface area contributed by atoms with Gasteiger partial charge in [-0.15, -0.1) is 0 Å². The van der Waals surface area contributed by atoms with Crippen LogP contribution in [0.15, 0.2) is 142 Å². The van der Waals surface area contributed by atoms with Crippen molar-refractivity contribution in [3.63, 3.8) is 0 Å². The molecular formula is C46H32N2O2. The molecule has 3 aromatic heterocycles. The van der Waals surface area contributed by atoms with Crippen LogP contribution in [0.3, 0.4) is 0 Å². The lowest BCUT2D eigenvalue weighted by atomic mass is 9.68. The van der Waals surface area contributed by atoms with E-state index in [1.165, 1.54) is 59.9 Å². The molecule has 11 rings (SSSR count). The molecule has 1 spiro atoms. The molecule has 0 unspecified atom stereocenters. The first-order valence-corrected chi connectivity index (χ1v) is 17.7. The van der Waals surface area contributed by atoms with Gasteiger partial charge in [0.15, 0.2) is 11.4 Å². The Morgan fingerprint density at radius 2 is 1.20 bits per heavy atom. The van der Waals surface area contributed by atoms with Gasteiger partial charge in [0.05, 0.1) is 0 Å². The lowest BCUT2D eigenvalue weighted by Crippen LogP contribution is -2.27. The molecule has 1 fully saturated rings. The molecule has 0 atom stereocenters. The number of rotatable bonds is 3. The summed E-state index contributed by atoms with van der Waals surface area (Å²) in [5.41, 5.74) is 14.9. The van der Waals surface area contributed by atoms with E-state index >= 15 is 0 Å². The average molecular weight is 645 g/mol. The summed E-state index contributed by atoms with van der Waals surface area (Å²) in [6, 6.07) is 47.3. The van der Waals surface area contributed by atoms with E-state index in [1.54, 1.807) is 0 Å². The third kappa shape index (κ3) is 3.93. The van der Waals surface area contributed by atoms with E-state index in [2.05, 4.69) is 97.1 Å². The minimum atomic E-state index is 0.151. The molecule has 4 nitrogen and oxygen atoms in total. The van der Waals surface area contributed by atoms with Gasteiger partial charge in [-0.05, 0) is 71.0 Å². The normalized spacial score (nSPS) is 15.0. The molecular weight excluding hydrogens is 613 g/mol. The maximum absolute atomic E-state index is 6.78. The SMILES string of the molecule is c1ccc(-c2nc(-c3ccc4c(c3)oc3c(-c5ccc6c(c5)-c5ccccc5C65CCCCC5)cccc34)nc3c2oc2ccccc23)cc1. The van der Waals surface area contributed by atoms with E-state index in [0.717, 1.165) is 60.8 Å². The van der Waals surface area contributed by atoms with Crippen molar-refractivity contribution < 1.29 is 8.83 Å². The minimum absolute atomic E-state index is 0.151. The fourth-order valence-corrected chi connectivity index (χ4v) is 9.00. The Morgan fingerprint density at radius 1 is 0.460 bits per heavy atom. The summed E-state index contributed by atoms with van der Waals surface area (Å²) >= 11 is 0. The molecule has 238 valence electrons. The van der Waals surface area contributed by atoms with Crippen LogP contribution in [0.1, 0.15) is 43.2 Å². The molecule has 50 heavy (non-hydrogen) atoms. The second-order valence-electron chi connectivity index (χ2n) is 14.0. The predicted molar refractivity (Wildman–Crippen MR) is 202 cm³/mol. The van der Waals surface area contributed by atoms with Gasteiger partial charge < -0.3 is 8.83 Å². The van der Waals surface area contributed by atoms with E-state index in [0.29, 0.717) is 11.4 Å². The molecule has 0 saturated heterocycles. The van der Waals surface area contributed by atoms with Crippen molar-refractivity contribution >= 4 is 44.0 Å². The Labute approximate surface area is 289 Å². The number of benzene rings is 6. The van der Waals surface area contributed by atoms with Gasteiger partial charge in [-0.1, -0.05) is 122 Å². The topological polar surface area (TPSA) is 52.1 Å². The molecule has 4 heteroatoms. The van der Waals surface area contributed by atoms with E-state index in [-0.39, 0.29) is 5.41 Å². The summed E-state index contributed by atoms with van der Waals surface area (Å²) in [5.74, 6) is 0.638. The Balaban J connectivity index is 1.06. The van der Waals surface area contributed by atoms with Crippen LogP contribution in [0.4, 0.5) is 0 Å².